The van der Waals surface area contributed by atoms with Crippen LogP contribution in [0.15, 0.2) is 37.6 Å². The molecule has 0 atom stereocenters. The van der Waals surface area contributed by atoms with Crippen LogP contribution in [0.25, 0.3) is 0 Å². The molecule has 1 aromatic heterocycles. The average Bonchev–Trinajstić information content (AvgIpc) is 2.77. The minimum atomic E-state index is -3.51. The Hall–Kier alpha value is -1.58. The van der Waals surface area contributed by atoms with Crippen molar-refractivity contribution in [3.05, 3.63) is 24.1 Å². The van der Waals surface area contributed by atoms with Gasteiger partial charge in [0, 0.05) is 17.5 Å². The number of nitrogens with zero attached hydrogens (tertiary/aromatic N) is 2. The van der Waals surface area contributed by atoms with Gasteiger partial charge < -0.3 is 10.2 Å². The van der Waals surface area contributed by atoms with Gasteiger partial charge >= 0.3 is 0 Å². The lowest BCUT2D eigenvalue weighted by molar-refractivity contribution is 0.429. The van der Waals surface area contributed by atoms with E-state index >= 15 is 0 Å². The molecule has 0 bridgehead atoms. The van der Waals surface area contributed by atoms with Crippen LogP contribution in [0.5, 0.6) is 0 Å². The number of hydrogen-bond donors (Lipinski definition) is 2. The maximum atomic E-state index is 11.7. The fraction of sp³-hybridized carbons (Fsp3) is 0.200. The first-order valence-electron chi connectivity index (χ1n) is 5.23. The van der Waals surface area contributed by atoms with Gasteiger partial charge in [0.15, 0.2) is 0 Å². The number of benzene rings is 1. The smallest absolute Gasteiger partial charge is 0.281 e. The maximum absolute atomic E-state index is 11.7. The van der Waals surface area contributed by atoms with Crippen molar-refractivity contribution in [3.8, 4) is 0 Å². The lowest BCUT2D eigenvalue weighted by Gasteiger charge is -2.06. The number of nitrogen functional groups attached to an aromatic ring is 1. The van der Waals surface area contributed by atoms with Crippen LogP contribution in [-0.4, -0.2) is 25.7 Å². The second-order valence-electron chi connectivity index (χ2n) is 3.60. The lowest BCUT2D eigenvalue weighted by Crippen LogP contribution is -2.18. The van der Waals surface area contributed by atoms with Crippen molar-refractivity contribution >= 4 is 27.5 Å². The van der Waals surface area contributed by atoms with E-state index in [1.54, 1.807) is 6.92 Å². The standard InChI is InChI=1S/C10H12N4O3S2/c1-6-13-14-10(17-6)18-9-5-7(3-4-8(9)11)19(15,16)12-2/h3-5,12H,11H2,1-2H3. The maximum Gasteiger partial charge on any atom is 0.281 e. The van der Waals surface area contributed by atoms with E-state index in [-0.39, 0.29) is 4.90 Å². The molecule has 19 heavy (non-hydrogen) atoms. The van der Waals surface area contributed by atoms with Gasteiger partial charge in [-0.15, -0.1) is 10.2 Å². The zero-order chi connectivity index (χ0) is 14.0. The van der Waals surface area contributed by atoms with Crippen molar-refractivity contribution < 1.29 is 12.8 Å². The van der Waals surface area contributed by atoms with Crippen molar-refractivity contribution in [2.24, 2.45) is 0 Å². The predicted molar refractivity (Wildman–Crippen MR) is 70.3 cm³/mol. The number of hydrogen-bond acceptors (Lipinski definition) is 7. The zero-order valence-electron chi connectivity index (χ0n) is 10.2. The largest absolute Gasteiger partial charge is 0.416 e. The lowest BCUT2D eigenvalue weighted by atomic mass is 10.3. The monoisotopic (exact) mass is 300 g/mol. The van der Waals surface area contributed by atoms with Crippen molar-refractivity contribution in [1.29, 1.82) is 0 Å². The van der Waals surface area contributed by atoms with E-state index in [2.05, 4.69) is 14.9 Å². The fourth-order valence-corrected chi connectivity index (χ4v) is 2.94. The Balaban J connectivity index is 2.38. The number of aryl methyl sites for hydroxylation is 1. The van der Waals surface area contributed by atoms with E-state index in [0.29, 0.717) is 21.7 Å². The van der Waals surface area contributed by atoms with Crippen molar-refractivity contribution in [3.63, 3.8) is 0 Å². The van der Waals surface area contributed by atoms with E-state index in [9.17, 15) is 8.42 Å². The van der Waals surface area contributed by atoms with E-state index in [4.69, 9.17) is 10.2 Å². The molecule has 3 N–H and O–H groups in total. The van der Waals surface area contributed by atoms with Gasteiger partial charge in [-0.1, -0.05) is 0 Å². The Bertz CT molecular complexity index is 697. The number of aromatic nitrogens is 2. The molecule has 7 nitrogen and oxygen atoms in total. The van der Waals surface area contributed by atoms with Crippen molar-refractivity contribution in [2.75, 3.05) is 12.8 Å². The summed E-state index contributed by atoms with van der Waals surface area (Å²) in [5, 5.41) is 7.82. The predicted octanol–water partition coefficient (Wildman–Crippen LogP) is 1.02. The van der Waals surface area contributed by atoms with Gasteiger partial charge in [-0.3, -0.25) is 0 Å². The van der Waals surface area contributed by atoms with E-state index in [0.717, 1.165) is 11.8 Å². The summed E-state index contributed by atoms with van der Waals surface area (Å²) in [4.78, 5) is 0.669. The highest BCUT2D eigenvalue weighted by atomic mass is 32.2. The molecule has 0 amide bonds. The summed E-state index contributed by atoms with van der Waals surface area (Å²) < 4.78 is 30.9. The topological polar surface area (TPSA) is 111 Å². The van der Waals surface area contributed by atoms with Crippen LogP contribution in [0.3, 0.4) is 0 Å². The van der Waals surface area contributed by atoms with Gasteiger partial charge in [0.1, 0.15) is 0 Å². The molecule has 0 aliphatic carbocycles. The van der Waals surface area contributed by atoms with E-state index in [1.807, 2.05) is 0 Å². The summed E-state index contributed by atoms with van der Waals surface area (Å²) in [6.45, 7) is 1.67. The molecular weight excluding hydrogens is 288 g/mol. The summed E-state index contributed by atoms with van der Waals surface area (Å²) in [6, 6.07) is 4.42. The number of nitrogens with two attached hydrogens (primary N) is 1. The SMILES string of the molecule is CNS(=O)(=O)c1ccc(N)c(Sc2nnc(C)o2)c1. The Labute approximate surface area is 114 Å². The van der Waals surface area contributed by atoms with Crippen molar-refractivity contribution in [2.45, 2.75) is 21.9 Å². The summed E-state index contributed by atoms with van der Waals surface area (Å²) >= 11 is 1.12. The van der Waals surface area contributed by atoms with E-state index < -0.39 is 10.0 Å². The number of sulfonamides is 1. The van der Waals surface area contributed by atoms with Crippen LogP contribution in [0.1, 0.15) is 5.89 Å². The molecule has 1 heterocycles. The highest BCUT2D eigenvalue weighted by molar-refractivity contribution is 7.99. The van der Waals surface area contributed by atoms with Gasteiger partial charge in [-0.2, -0.15) is 0 Å². The molecule has 9 heteroatoms. The Morgan fingerprint density at radius 3 is 2.68 bits per heavy atom. The first kappa shape index (κ1) is 13.8. The van der Waals surface area contributed by atoms with Gasteiger partial charge in [-0.25, -0.2) is 13.1 Å². The number of anilines is 1. The Morgan fingerprint density at radius 2 is 2.11 bits per heavy atom. The number of nitrogens with one attached hydrogen (secondary N) is 1. The summed E-state index contributed by atoms with van der Waals surface area (Å²) in [7, 11) is -2.16. The quantitative estimate of drug-likeness (QED) is 0.811. The molecule has 0 saturated carbocycles. The molecule has 0 unspecified atom stereocenters. The number of rotatable bonds is 4. The molecule has 0 fully saturated rings. The van der Waals surface area contributed by atoms with Gasteiger partial charge in [0.05, 0.1) is 4.90 Å². The minimum absolute atomic E-state index is 0.128. The fourth-order valence-electron chi connectivity index (χ4n) is 1.30. The van der Waals surface area contributed by atoms with Gasteiger partial charge in [-0.05, 0) is 37.0 Å². The molecule has 2 rings (SSSR count). The van der Waals surface area contributed by atoms with Gasteiger partial charge in [0.2, 0.25) is 15.9 Å². The second kappa shape index (κ2) is 5.19. The zero-order valence-corrected chi connectivity index (χ0v) is 11.9. The highest BCUT2D eigenvalue weighted by Gasteiger charge is 2.15. The Kier molecular flexibility index (Phi) is 3.78. The highest BCUT2D eigenvalue weighted by Crippen LogP contribution is 2.32. The van der Waals surface area contributed by atoms with Crippen LogP contribution in [-0.2, 0) is 10.0 Å². The molecule has 0 saturated heterocycles. The molecule has 0 aliphatic heterocycles. The average molecular weight is 300 g/mol. The third-order valence-electron chi connectivity index (χ3n) is 2.27. The second-order valence-corrected chi connectivity index (χ2v) is 6.48. The molecule has 102 valence electrons. The van der Waals surface area contributed by atoms with Crippen LogP contribution in [0, 0.1) is 6.92 Å². The van der Waals surface area contributed by atoms with E-state index in [1.165, 1.54) is 25.2 Å². The van der Waals surface area contributed by atoms with Crippen LogP contribution >= 0.6 is 11.8 Å². The molecule has 2 aromatic rings. The molecule has 0 radical (unpaired) electrons. The summed E-state index contributed by atoms with van der Waals surface area (Å²) in [6.07, 6.45) is 0. The summed E-state index contributed by atoms with van der Waals surface area (Å²) in [5.74, 6) is 0.431. The normalized spacial score (nSPS) is 11.7. The summed E-state index contributed by atoms with van der Waals surface area (Å²) in [5.41, 5.74) is 6.24. The first-order valence-corrected chi connectivity index (χ1v) is 7.53. The Morgan fingerprint density at radius 1 is 1.37 bits per heavy atom. The van der Waals surface area contributed by atoms with Crippen molar-refractivity contribution in [1.82, 2.24) is 14.9 Å². The third kappa shape index (κ3) is 3.06. The molecule has 0 aliphatic rings. The van der Waals surface area contributed by atoms with Crippen LogP contribution in [0.4, 0.5) is 5.69 Å². The molecule has 0 spiro atoms. The minimum Gasteiger partial charge on any atom is -0.416 e. The van der Waals surface area contributed by atoms with Gasteiger partial charge in [0.25, 0.3) is 5.22 Å². The molecule has 1 aromatic carbocycles. The third-order valence-corrected chi connectivity index (χ3v) is 4.59. The van der Waals surface area contributed by atoms with Crippen LogP contribution < -0.4 is 10.5 Å². The first-order chi connectivity index (χ1) is 8.92. The van der Waals surface area contributed by atoms with Crippen LogP contribution in [0.2, 0.25) is 0 Å². The molecular formula is C10H12N4O3S2.